The summed E-state index contributed by atoms with van der Waals surface area (Å²) in [6.45, 7) is -0.00241. The highest BCUT2D eigenvalue weighted by molar-refractivity contribution is 6.07. The lowest BCUT2D eigenvalue weighted by Gasteiger charge is -2.32. The fraction of sp³-hybridized carbons (Fsp3) is 0.727. The third kappa shape index (κ3) is 1.54. The molecule has 1 heterocycles. The molecule has 1 aliphatic carbocycles. The third-order valence-electron chi connectivity index (χ3n) is 3.56. The number of rotatable bonds is 1. The largest absolute Gasteiger partial charge is 0.325 e. The van der Waals surface area contributed by atoms with Gasteiger partial charge < -0.3 is 0 Å². The summed E-state index contributed by atoms with van der Waals surface area (Å²) in [5.41, 5.74) is -0.733. The molecular weight excluding hydrogens is 206 g/mol. The Bertz CT molecular complexity index is 351. The second-order valence-corrected chi connectivity index (χ2v) is 4.45. The van der Waals surface area contributed by atoms with E-state index in [2.05, 4.69) is 5.32 Å². The first-order valence-corrected chi connectivity index (χ1v) is 5.71. The number of amides is 3. The average Bonchev–Trinajstić information content (AvgIpc) is 2.49. The van der Waals surface area contributed by atoms with E-state index in [1.807, 2.05) is 6.07 Å². The quantitative estimate of drug-likeness (QED) is 0.533. The summed E-state index contributed by atoms with van der Waals surface area (Å²) in [6.07, 6.45) is 5.47. The Morgan fingerprint density at radius 3 is 2.44 bits per heavy atom. The molecule has 1 spiro atoms. The van der Waals surface area contributed by atoms with Crippen molar-refractivity contribution in [2.45, 2.75) is 44.1 Å². The maximum Gasteiger partial charge on any atom is 0.325 e. The summed E-state index contributed by atoms with van der Waals surface area (Å²) in [6, 6.07) is 1.56. The van der Waals surface area contributed by atoms with Crippen LogP contribution < -0.4 is 5.32 Å². The Morgan fingerprint density at radius 2 is 1.88 bits per heavy atom. The smallest absolute Gasteiger partial charge is 0.296 e. The number of hydrogen-bond acceptors (Lipinski definition) is 3. The van der Waals surface area contributed by atoms with Gasteiger partial charge in [0.15, 0.2) is 0 Å². The fourth-order valence-corrected chi connectivity index (χ4v) is 2.70. The van der Waals surface area contributed by atoms with Gasteiger partial charge >= 0.3 is 6.03 Å². The van der Waals surface area contributed by atoms with E-state index in [1.54, 1.807) is 0 Å². The molecule has 3 amide bonds. The highest BCUT2D eigenvalue weighted by atomic mass is 16.2. The van der Waals surface area contributed by atoms with Crippen molar-refractivity contribution in [2.75, 3.05) is 6.54 Å². The van der Waals surface area contributed by atoms with E-state index in [1.165, 1.54) is 4.90 Å². The molecular formula is C11H15N3O2. The van der Waals surface area contributed by atoms with E-state index in [9.17, 15) is 9.59 Å². The van der Waals surface area contributed by atoms with Gasteiger partial charge in [-0.1, -0.05) is 25.7 Å². The number of nitriles is 1. The monoisotopic (exact) mass is 221 g/mol. The Kier molecular flexibility index (Phi) is 2.82. The zero-order valence-corrected chi connectivity index (χ0v) is 9.16. The molecule has 86 valence electrons. The van der Waals surface area contributed by atoms with E-state index in [4.69, 9.17) is 5.26 Å². The van der Waals surface area contributed by atoms with Gasteiger partial charge in [-0.15, -0.1) is 0 Å². The zero-order valence-electron chi connectivity index (χ0n) is 9.16. The van der Waals surface area contributed by atoms with Gasteiger partial charge in [0, 0.05) is 0 Å². The molecule has 0 aromatic heterocycles. The predicted octanol–water partition coefficient (Wildman–Crippen LogP) is 1.15. The minimum atomic E-state index is -0.733. The molecule has 0 atom stereocenters. The highest BCUT2D eigenvalue weighted by Gasteiger charge is 2.52. The standard InChI is InChI=1S/C11H15N3O2/c12-7-8-14-10(16)13-9(15)11(14)5-3-1-2-4-6-11/h1-6,8H2,(H,13,15,16). The van der Waals surface area contributed by atoms with Crippen LogP contribution in [0, 0.1) is 11.3 Å². The third-order valence-corrected chi connectivity index (χ3v) is 3.56. The van der Waals surface area contributed by atoms with Crippen LogP contribution in [0.15, 0.2) is 0 Å². The Labute approximate surface area is 94.4 Å². The molecule has 0 unspecified atom stereocenters. The van der Waals surface area contributed by atoms with Crippen LogP contribution in [0.1, 0.15) is 38.5 Å². The van der Waals surface area contributed by atoms with Crippen molar-refractivity contribution in [3.63, 3.8) is 0 Å². The first-order chi connectivity index (χ1) is 7.70. The van der Waals surface area contributed by atoms with Crippen LogP contribution in [0.2, 0.25) is 0 Å². The maximum absolute atomic E-state index is 11.9. The van der Waals surface area contributed by atoms with Crippen LogP contribution in [-0.4, -0.2) is 28.9 Å². The van der Waals surface area contributed by atoms with Crippen LogP contribution in [-0.2, 0) is 4.79 Å². The van der Waals surface area contributed by atoms with E-state index >= 15 is 0 Å². The SMILES string of the molecule is N#CCN1C(=O)NC(=O)C12CCCCCC2. The molecule has 16 heavy (non-hydrogen) atoms. The second-order valence-electron chi connectivity index (χ2n) is 4.45. The van der Waals surface area contributed by atoms with Crippen molar-refractivity contribution >= 4 is 11.9 Å². The number of nitrogens with one attached hydrogen (secondary N) is 1. The van der Waals surface area contributed by atoms with Crippen molar-refractivity contribution in [1.82, 2.24) is 10.2 Å². The second kappa shape index (κ2) is 4.12. The van der Waals surface area contributed by atoms with Gasteiger partial charge in [-0.2, -0.15) is 5.26 Å². The number of hydrogen-bond donors (Lipinski definition) is 1. The number of carbonyl (C=O) groups excluding carboxylic acids is 2. The van der Waals surface area contributed by atoms with Gasteiger partial charge in [0.2, 0.25) is 0 Å². The molecule has 0 bridgehead atoms. The highest BCUT2D eigenvalue weighted by Crippen LogP contribution is 2.35. The average molecular weight is 221 g/mol. The van der Waals surface area contributed by atoms with Crippen LogP contribution >= 0.6 is 0 Å². The molecule has 5 nitrogen and oxygen atoms in total. The minimum Gasteiger partial charge on any atom is -0.296 e. The molecule has 5 heteroatoms. The van der Waals surface area contributed by atoms with Crippen molar-refractivity contribution < 1.29 is 9.59 Å². The normalized spacial score (nSPS) is 24.1. The van der Waals surface area contributed by atoms with E-state index in [-0.39, 0.29) is 12.5 Å². The topological polar surface area (TPSA) is 73.2 Å². The Hall–Kier alpha value is -1.57. The Morgan fingerprint density at radius 1 is 1.25 bits per heavy atom. The molecule has 1 saturated carbocycles. The molecule has 1 saturated heterocycles. The summed E-state index contributed by atoms with van der Waals surface area (Å²) >= 11 is 0. The van der Waals surface area contributed by atoms with E-state index in [0.717, 1.165) is 25.7 Å². The lowest BCUT2D eigenvalue weighted by atomic mass is 9.89. The van der Waals surface area contributed by atoms with Crippen LogP contribution in [0.5, 0.6) is 0 Å². The first-order valence-electron chi connectivity index (χ1n) is 5.71. The van der Waals surface area contributed by atoms with Gasteiger partial charge in [-0.25, -0.2) is 4.79 Å². The van der Waals surface area contributed by atoms with Gasteiger partial charge in [-0.05, 0) is 12.8 Å². The van der Waals surface area contributed by atoms with Gasteiger partial charge in [0.1, 0.15) is 12.1 Å². The van der Waals surface area contributed by atoms with Crippen LogP contribution in [0.3, 0.4) is 0 Å². The number of carbonyl (C=O) groups is 2. The molecule has 0 aromatic carbocycles. The lowest BCUT2D eigenvalue weighted by Crippen LogP contribution is -2.49. The van der Waals surface area contributed by atoms with E-state index in [0.29, 0.717) is 12.8 Å². The lowest BCUT2D eigenvalue weighted by molar-refractivity contribution is -0.127. The van der Waals surface area contributed by atoms with Crippen molar-refractivity contribution in [3.8, 4) is 6.07 Å². The number of urea groups is 1. The van der Waals surface area contributed by atoms with Crippen molar-refractivity contribution in [2.24, 2.45) is 0 Å². The Balaban J connectivity index is 2.29. The van der Waals surface area contributed by atoms with Crippen LogP contribution in [0.4, 0.5) is 4.79 Å². The molecule has 1 N–H and O–H groups in total. The first kappa shape index (κ1) is 10.9. The predicted molar refractivity (Wildman–Crippen MR) is 56.3 cm³/mol. The summed E-state index contributed by atoms with van der Waals surface area (Å²) in [7, 11) is 0. The van der Waals surface area contributed by atoms with E-state index < -0.39 is 11.6 Å². The number of nitrogens with zero attached hydrogens (tertiary/aromatic N) is 2. The van der Waals surface area contributed by atoms with Gasteiger partial charge in [-0.3, -0.25) is 15.0 Å². The van der Waals surface area contributed by atoms with Crippen molar-refractivity contribution in [3.05, 3.63) is 0 Å². The minimum absolute atomic E-state index is 0.00241. The number of imide groups is 1. The fourth-order valence-electron chi connectivity index (χ4n) is 2.70. The van der Waals surface area contributed by atoms with Crippen molar-refractivity contribution in [1.29, 1.82) is 5.26 Å². The van der Waals surface area contributed by atoms with Gasteiger partial charge in [0.25, 0.3) is 5.91 Å². The summed E-state index contributed by atoms with van der Waals surface area (Å²) in [5.74, 6) is -0.213. The molecule has 1 aliphatic heterocycles. The molecule has 2 fully saturated rings. The maximum atomic E-state index is 11.9. The van der Waals surface area contributed by atoms with Gasteiger partial charge in [0.05, 0.1) is 6.07 Å². The molecule has 0 radical (unpaired) electrons. The molecule has 0 aromatic rings. The van der Waals surface area contributed by atoms with Crippen LogP contribution in [0.25, 0.3) is 0 Å². The zero-order chi connectivity index (χ0) is 11.6. The summed E-state index contributed by atoms with van der Waals surface area (Å²) in [4.78, 5) is 24.9. The molecule has 2 rings (SSSR count). The summed E-state index contributed by atoms with van der Waals surface area (Å²) < 4.78 is 0. The summed E-state index contributed by atoms with van der Waals surface area (Å²) in [5, 5.41) is 11.1. The molecule has 2 aliphatic rings.